The normalized spacial score (nSPS) is 29.9. The van der Waals surface area contributed by atoms with Gasteiger partial charge < -0.3 is 15.5 Å². The number of hydrogen-bond acceptors (Lipinski definition) is 3. The smallest absolute Gasteiger partial charge is 0.227 e. The largest absolute Gasteiger partial charge is 0.352 e. The van der Waals surface area contributed by atoms with Gasteiger partial charge in [-0.1, -0.05) is 13.3 Å². The summed E-state index contributed by atoms with van der Waals surface area (Å²) in [5.41, 5.74) is -0.172. The maximum absolute atomic E-state index is 12.6. The zero-order chi connectivity index (χ0) is 14.4. The second-order valence-corrected chi connectivity index (χ2v) is 6.65. The first kappa shape index (κ1) is 15.8. The molecule has 0 aliphatic carbocycles. The van der Waals surface area contributed by atoms with Gasteiger partial charge in [0.2, 0.25) is 5.91 Å². The Morgan fingerprint density at radius 3 is 2.65 bits per heavy atom. The van der Waals surface area contributed by atoms with E-state index in [0.29, 0.717) is 0 Å². The molecule has 2 aliphatic heterocycles. The molecule has 0 spiro atoms. The number of piperidine rings is 2. The van der Waals surface area contributed by atoms with Crippen molar-refractivity contribution >= 4 is 5.91 Å². The molecule has 1 amide bonds. The van der Waals surface area contributed by atoms with E-state index >= 15 is 0 Å². The minimum atomic E-state index is -0.172. The number of nitrogens with one attached hydrogen (secondary N) is 2. The van der Waals surface area contributed by atoms with E-state index in [1.165, 1.54) is 32.4 Å². The van der Waals surface area contributed by atoms with Gasteiger partial charge in [0.15, 0.2) is 0 Å². The van der Waals surface area contributed by atoms with Crippen molar-refractivity contribution in [2.24, 2.45) is 5.41 Å². The monoisotopic (exact) mass is 281 g/mol. The fraction of sp³-hybridized carbons (Fsp3) is 0.938. The summed E-state index contributed by atoms with van der Waals surface area (Å²) in [6.07, 6.45) is 7.05. The summed E-state index contributed by atoms with van der Waals surface area (Å²) in [7, 11) is 0. The molecule has 0 aromatic rings. The molecule has 2 aliphatic rings. The molecule has 0 aromatic carbocycles. The number of amides is 1. The predicted molar refractivity (Wildman–Crippen MR) is 82.7 cm³/mol. The zero-order valence-corrected chi connectivity index (χ0v) is 13.2. The summed E-state index contributed by atoms with van der Waals surface area (Å²) in [5.74, 6) is 0.261. The van der Waals surface area contributed by atoms with E-state index in [9.17, 15) is 4.79 Å². The Kier molecular flexibility index (Phi) is 5.85. The van der Waals surface area contributed by atoms with Crippen LogP contribution < -0.4 is 10.6 Å². The average Bonchev–Trinajstić information content (AvgIpc) is 2.48. The number of nitrogens with zero attached hydrogens (tertiary/aromatic N) is 1. The lowest BCUT2D eigenvalue weighted by molar-refractivity contribution is -0.133. The molecular weight excluding hydrogens is 250 g/mol. The van der Waals surface area contributed by atoms with Crippen LogP contribution in [0.15, 0.2) is 0 Å². The molecule has 2 N–H and O–H groups in total. The van der Waals surface area contributed by atoms with Crippen molar-refractivity contribution in [1.82, 2.24) is 15.5 Å². The Labute approximate surface area is 123 Å². The van der Waals surface area contributed by atoms with Crippen LogP contribution in [0, 0.1) is 5.41 Å². The van der Waals surface area contributed by atoms with Gasteiger partial charge in [0, 0.05) is 19.1 Å². The molecule has 116 valence electrons. The molecule has 2 heterocycles. The van der Waals surface area contributed by atoms with E-state index in [-0.39, 0.29) is 17.4 Å². The van der Waals surface area contributed by atoms with Gasteiger partial charge >= 0.3 is 0 Å². The van der Waals surface area contributed by atoms with Crippen molar-refractivity contribution in [1.29, 1.82) is 0 Å². The second kappa shape index (κ2) is 7.41. The van der Waals surface area contributed by atoms with Crippen molar-refractivity contribution in [2.75, 3.05) is 32.7 Å². The van der Waals surface area contributed by atoms with E-state index in [2.05, 4.69) is 29.4 Å². The van der Waals surface area contributed by atoms with Gasteiger partial charge in [-0.15, -0.1) is 0 Å². The third-order valence-corrected chi connectivity index (χ3v) is 4.99. The summed E-state index contributed by atoms with van der Waals surface area (Å²) < 4.78 is 0. The van der Waals surface area contributed by atoms with E-state index in [1.807, 2.05) is 0 Å². The molecule has 0 aromatic heterocycles. The van der Waals surface area contributed by atoms with Crippen molar-refractivity contribution in [3.63, 3.8) is 0 Å². The highest BCUT2D eigenvalue weighted by atomic mass is 16.2. The van der Waals surface area contributed by atoms with Crippen LogP contribution >= 0.6 is 0 Å². The SMILES string of the molecule is CCC1(C(=O)NC(C)CN2CCCCC2)CCCNC1. The standard InChI is InChI=1S/C16H31N3O/c1-3-16(8-7-9-17-13-16)15(20)18-14(2)12-19-10-5-4-6-11-19/h14,17H,3-13H2,1-2H3,(H,18,20). The van der Waals surface area contributed by atoms with Gasteiger partial charge in [0.1, 0.15) is 0 Å². The molecule has 0 saturated carbocycles. The lowest BCUT2D eigenvalue weighted by Crippen LogP contribution is -2.54. The molecule has 2 unspecified atom stereocenters. The highest BCUT2D eigenvalue weighted by molar-refractivity contribution is 5.83. The van der Waals surface area contributed by atoms with Gasteiger partial charge in [0.05, 0.1) is 5.41 Å². The van der Waals surface area contributed by atoms with E-state index in [1.54, 1.807) is 0 Å². The highest BCUT2D eigenvalue weighted by Crippen LogP contribution is 2.30. The first-order chi connectivity index (χ1) is 9.66. The maximum atomic E-state index is 12.6. The van der Waals surface area contributed by atoms with Crippen molar-refractivity contribution in [3.8, 4) is 0 Å². The summed E-state index contributed by atoms with van der Waals surface area (Å²) >= 11 is 0. The van der Waals surface area contributed by atoms with Gasteiger partial charge in [0.25, 0.3) is 0 Å². The van der Waals surface area contributed by atoms with Gasteiger partial charge in [-0.25, -0.2) is 0 Å². The summed E-state index contributed by atoms with van der Waals surface area (Å²) in [4.78, 5) is 15.1. The number of rotatable bonds is 5. The van der Waals surface area contributed by atoms with Crippen molar-refractivity contribution in [2.45, 2.75) is 58.4 Å². The molecule has 2 rings (SSSR count). The Balaban J connectivity index is 1.82. The van der Waals surface area contributed by atoms with Crippen LogP contribution in [-0.4, -0.2) is 49.6 Å². The Bertz CT molecular complexity index is 307. The van der Waals surface area contributed by atoms with Gasteiger partial charge in [-0.3, -0.25) is 4.79 Å². The third kappa shape index (κ3) is 3.95. The molecule has 2 atom stereocenters. The van der Waals surface area contributed by atoms with Crippen molar-refractivity contribution in [3.05, 3.63) is 0 Å². The fourth-order valence-corrected chi connectivity index (χ4v) is 3.58. The molecule has 0 bridgehead atoms. The predicted octanol–water partition coefficient (Wildman–Crippen LogP) is 1.76. The molecule has 0 radical (unpaired) electrons. The topological polar surface area (TPSA) is 44.4 Å². The third-order valence-electron chi connectivity index (χ3n) is 4.99. The van der Waals surface area contributed by atoms with Crippen LogP contribution in [0.2, 0.25) is 0 Å². The van der Waals surface area contributed by atoms with Crippen molar-refractivity contribution < 1.29 is 4.79 Å². The van der Waals surface area contributed by atoms with E-state index < -0.39 is 0 Å². The molecule has 2 saturated heterocycles. The zero-order valence-electron chi connectivity index (χ0n) is 13.2. The number of likely N-dealkylation sites (tertiary alicyclic amines) is 1. The number of carbonyl (C=O) groups excluding carboxylic acids is 1. The quantitative estimate of drug-likeness (QED) is 0.807. The maximum Gasteiger partial charge on any atom is 0.227 e. The van der Waals surface area contributed by atoms with Gasteiger partial charge in [-0.2, -0.15) is 0 Å². The number of carbonyl (C=O) groups is 1. The lowest BCUT2D eigenvalue weighted by Gasteiger charge is -2.37. The summed E-state index contributed by atoms with van der Waals surface area (Å²) in [6, 6.07) is 0.256. The molecule has 2 fully saturated rings. The molecule has 4 nitrogen and oxygen atoms in total. The fourth-order valence-electron chi connectivity index (χ4n) is 3.58. The van der Waals surface area contributed by atoms with Crippen LogP contribution in [0.5, 0.6) is 0 Å². The minimum Gasteiger partial charge on any atom is -0.352 e. The molecule has 4 heteroatoms. The van der Waals surface area contributed by atoms with Crippen LogP contribution in [0.1, 0.15) is 52.4 Å². The Morgan fingerprint density at radius 2 is 2.05 bits per heavy atom. The molecule has 20 heavy (non-hydrogen) atoms. The summed E-state index contributed by atoms with van der Waals surface area (Å²) in [5, 5.41) is 6.66. The Hall–Kier alpha value is -0.610. The van der Waals surface area contributed by atoms with E-state index in [4.69, 9.17) is 0 Å². The number of hydrogen-bond donors (Lipinski definition) is 2. The Morgan fingerprint density at radius 1 is 1.30 bits per heavy atom. The summed E-state index contributed by atoms with van der Waals surface area (Å²) in [6.45, 7) is 9.57. The van der Waals surface area contributed by atoms with Crippen LogP contribution in [-0.2, 0) is 4.79 Å². The molecular formula is C16H31N3O. The van der Waals surface area contributed by atoms with Gasteiger partial charge in [-0.05, 0) is 58.7 Å². The van der Waals surface area contributed by atoms with Crippen LogP contribution in [0.3, 0.4) is 0 Å². The minimum absolute atomic E-state index is 0.172. The first-order valence-corrected chi connectivity index (χ1v) is 8.40. The van der Waals surface area contributed by atoms with Crippen LogP contribution in [0.25, 0.3) is 0 Å². The lowest BCUT2D eigenvalue weighted by atomic mass is 9.77. The highest BCUT2D eigenvalue weighted by Gasteiger charge is 2.38. The van der Waals surface area contributed by atoms with E-state index in [0.717, 1.165) is 38.9 Å². The first-order valence-electron chi connectivity index (χ1n) is 8.40. The average molecular weight is 281 g/mol. The van der Waals surface area contributed by atoms with Crippen LogP contribution in [0.4, 0.5) is 0 Å². The second-order valence-electron chi connectivity index (χ2n) is 6.65.